The van der Waals surface area contributed by atoms with E-state index in [2.05, 4.69) is 10.4 Å². The minimum atomic E-state index is -0.173. The van der Waals surface area contributed by atoms with Crippen molar-refractivity contribution in [1.29, 1.82) is 0 Å². The molecule has 2 aromatic rings. The third-order valence-corrected chi connectivity index (χ3v) is 4.61. The highest BCUT2D eigenvalue weighted by Gasteiger charge is 2.32. The quantitative estimate of drug-likeness (QED) is 0.855. The first-order chi connectivity index (χ1) is 8.28. The van der Waals surface area contributed by atoms with Crippen LogP contribution in [-0.4, -0.2) is 9.97 Å². The highest BCUT2D eigenvalue weighted by atomic mass is 32.1. The summed E-state index contributed by atoms with van der Waals surface area (Å²) in [5.74, 6) is 0. The van der Waals surface area contributed by atoms with Gasteiger partial charge in [-0.1, -0.05) is 19.3 Å². The van der Waals surface area contributed by atoms with Crippen LogP contribution in [0.15, 0.2) is 23.7 Å². The molecule has 1 aliphatic rings. The normalized spacial score (nSPS) is 19.4. The van der Waals surface area contributed by atoms with Gasteiger partial charge in [0.1, 0.15) is 5.01 Å². The van der Waals surface area contributed by atoms with Gasteiger partial charge in [0.05, 0.1) is 16.9 Å². The van der Waals surface area contributed by atoms with Crippen molar-refractivity contribution in [3.05, 3.63) is 28.7 Å². The van der Waals surface area contributed by atoms with E-state index < -0.39 is 0 Å². The second-order valence-corrected chi connectivity index (χ2v) is 5.70. The Labute approximate surface area is 105 Å². The topological polar surface area (TPSA) is 54.7 Å². The lowest BCUT2D eigenvalue weighted by atomic mass is 9.83. The summed E-state index contributed by atoms with van der Waals surface area (Å²) in [7, 11) is 0. The number of aromatic amines is 1. The summed E-state index contributed by atoms with van der Waals surface area (Å²) in [6, 6.07) is 4.04. The predicted octanol–water partition coefficient (Wildman–Crippen LogP) is 3.26. The molecular formula is C13H17N3S. The highest BCUT2D eigenvalue weighted by Crippen LogP contribution is 2.37. The van der Waals surface area contributed by atoms with Crippen LogP contribution in [0.5, 0.6) is 0 Å². The van der Waals surface area contributed by atoms with Crippen molar-refractivity contribution in [3.63, 3.8) is 0 Å². The van der Waals surface area contributed by atoms with Crippen molar-refractivity contribution in [2.75, 3.05) is 0 Å². The summed E-state index contributed by atoms with van der Waals surface area (Å²) in [6.45, 7) is 0. The first kappa shape index (κ1) is 11.0. The maximum atomic E-state index is 6.48. The average Bonchev–Trinajstić information content (AvgIpc) is 3.01. The highest BCUT2D eigenvalue weighted by molar-refractivity contribution is 7.10. The van der Waals surface area contributed by atoms with Gasteiger partial charge in [-0.3, -0.25) is 0 Å². The zero-order valence-corrected chi connectivity index (χ0v) is 10.6. The van der Waals surface area contributed by atoms with Gasteiger partial charge in [-0.2, -0.15) is 0 Å². The Balaban J connectivity index is 1.89. The molecule has 0 spiro atoms. The monoisotopic (exact) mass is 247 g/mol. The molecule has 0 saturated heterocycles. The van der Waals surface area contributed by atoms with Crippen LogP contribution in [0.3, 0.4) is 0 Å². The molecule has 3 rings (SSSR count). The lowest BCUT2D eigenvalue weighted by Gasteiger charge is -2.31. The van der Waals surface area contributed by atoms with Crippen molar-refractivity contribution >= 4 is 11.3 Å². The molecule has 1 aliphatic carbocycles. The van der Waals surface area contributed by atoms with Crippen LogP contribution in [-0.2, 0) is 5.54 Å². The summed E-state index contributed by atoms with van der Waals surface area (Å²) in [5.41, 5.74) is 8.41. The molecule has 1 fully saturated rings. The molecule has 0 aliphatic heterocycles. The Morgan fingerprint density at radius 3 is 2.82 bits per heavy atom. The summed E-state index contributed by atoms with van der Waals surface area (Å²) < 4.78 is 0. The van der Waals surface area contributed by atoms with Gasteiger partial charge in [0.2, 0.25) is 0 Å². The second-order valence-electron chi connectivity index (χ2n) is 4.84. The van der Waals surface area contributed by atoms with E-state index in [1.165, 1.54) is 19.3 Å². The zero-order chi connectivity index (χ0) is 11.7. The number of aromatic nitrogens is 2. The molecule has 2 heterocycles. The van der Waals surface area contributed by atoms with E-state index in [0.717, 1.165) is 29.2 Å². The first-order valence-corrected chi connectivity index (χ1v) is 7.05. The largest absolute Gasteiger partial charge is 0.360 e. The summed E-state index contributed by atoms with van der Waals surface area (Å²) in [6.07, 6.45) is 7.85. The average molecular weight is 247 g/mol. The maximum Gasteiger partial charge on any atom is 0.113 e. The van der Waals surface area contributed by atoms with Crippen LogP contribution >= 0.6 is 11.3 Å². The Morgan fingerprint density at radius 2 is 2.12 bits per heavy atom. The van der Waals surface area contributed by atoms with Crippen molar-refractivity contribution in [3.8, 4) is 11.4 Å². The first-order valence-electron chi connectivity index (χ1n) is 6.17. The van der Waals surface area contributed by atoms with Gasteiger partial charge in [0, 0.05) is 11.6 Å². The standard InChI is InChI=1S/C13H17N3S/c14-13(6-2-1-3-7-13)12-16-11(9-17-12)10-5-4-8-15-10/h4-5,8-9,15H,1-3,6-7,14H2. The van der Waals surface area contributed by atoms with Crippen LogP contribution < -0.4 is 5.73 Å². The molecule has 0 aromatic carbocycles. The minimum absolute atomic E-state index is 0.173. The summed E-state index contributed by atoms with van der Waals surface area (Å²) in [4.78, 5) is 7.90. The van der Waals surface area contributed by atoms with Gasteiger partial charge in [-0.05, 0) is 25.0 Å². The van der Waals surface area contributed by atoms with Gasteiger partial charge in [0.25, 0.3) is 0 Å². The number of hydrogen-bond donors (Lipinski definition) is 2. The molecule has 4 heteroatoms. The Hall–Kier alpha value is -1.13. The van der Waals surface area contributed by atoms with Crippen LogP contribution in [0.2, 0.25) is 0 Å². The smallest absolute Gasteiger partial charge is 0.113 e. The molecule has 1 saturated carbocycles. The van der Waals surface area contributed by atoms with Crippen LogP contribution in [0.4, 0.5) is 0 Å². The number of H-pyrrole nitrogens is 1. The molecule has 0 atom stereocenters. The van der Waals surface area contributed by atoms with E-state index in [1.807, 2.05) is 18.3 Å². The number of nitrogens with one attached hydrogen (secondary N) is 1. The zero-order valence-electron chi connectivity index (χ0n) is 9.78. The Bertz CT molecular complexity index is 480. The van der Waals surface area contributed by atoms with Crippen molar-refractivity contribution in [2.24, 2.45) is 5.73 Å². The van der Waals surface area contributed by atoms with Gasteiger partial charge >= 0.3 is 0 Å². The number of nitrogens with zero attached hydrogens (tertiary/aromatic N) is 1. The Kier molecular flexibility index (Phi) is 2.76. The SMILES string of the molecule is NC1(c2nc(-c3ccc[nH]3)cs2)CCCCC1. The fourth-order valence-corrected chi connectivity index (χ4v) is 3.51. The van der Waals surface area contributed by atoms with Gasteiger partial charge in [-0.25, -0.2) is 4.98 Å². The van der Waals surface area contributed by atoms with Crippen molar-refractivity contribution < 1.29 is 0 Å². The third kappa shape index (κ3) is 2.03. The third-order valence-electron chi connectivity index (χ3n) is 3.55. The van der Waals surface area contributed by atoms with E-state index in [9.17, 15) is 0 Å². The molecule has 17 heavy (non-hydrogen) atoms. The number of hydrogen-bond acceptors (Lipinski definition) is 3. The predicted molar refractivity (Wildman–Crippen MR) is 70.9 cm³/mol. The number of nitrogens with two attached hydrogens (primary N) is 1. The molecule has 3 N–H and O–H groups in total. The van der Waals surface area contributed by atoms with Gasteiger partial charge < -0.3 is 10.7 Å². The second kappa shape index (κ2) is 4.27. The van der Waals surface area contributed by atoms with E-state index in [4.69, 9.17) is 10.7 Å². The van der Waals surface area contributed by atoms with E-state index in [-0.39, 0.29) is 5.54 Å². The lowest BCUT2D eigenvalue weighted by molar-refractivity contribution is 0.301. The lowest BCUT2D eigenvalue weighted by Crippen LogP contribution is -2.38. The summed E-state index contributed by atoms with van der Waals surface area (Å²) >= 11 is 1.70. The van der Waals surface area contributed by atoms with Crippen LogP contribution in [0.25, 0.3) is 11.4 Å². The molecule has 0 unspecified atom stereocenters. The van der Waals surface area contributed by atoms with Crippen LogP contribution in [0, 0.1) is 0 Å². The number of rotatable bonds is 2. The number of thiazole rings is 1. The van der Waals surface area contributed by atoms with Crippen LogP contribution in [0.1, 0.15) is 37.1 Å². The molecule has 0 amide bonds. The van der Waals surface area contributed by atoms with E-state index >= 15 is 0 Å². The maximum absolute atomic E-state index is 6.48. The molecule has 0 bridgehead atoms. The Morgan fingerprint density at radius 1 is 1.29 bits per heavy atom. The van der Waals surface area contributed by atoms with Crippen molar-refractivity contribution in [1.82, 2.24) is 9.97 Å². The fraction of sp³-hybridized carbons (Fsp3) is 0.462. The van der Waals surface area contributed by atoms with Crippen molar-refractivity contribution in [2.45, 2.75) is 37.6 Å². The van der Waals surface area contributed by atoms with Gasteiger partial charge in [-0.15, -0.1) is 11.3 Å². The fourth-order valence-electron chi connectivity index (χ4n) is 2.51. The van der Waals surface area contributed by atoms with E-state index in [0.29, 0.717) is 0 Å². The van der Waals surface area contributed by atoms with E-state index in [1.54, 1.807) is 11.3 Å². The molecule has 0 radical (unpaired) electrons. The molecule has 3 nitrogen and oxygen atoms in total. The molecule has 90 valence electrons. The summed E-state index contributed by atoms with van der Waals surface area (Å²) in [5, 5.41) is 3.20. The van der Waals surface area contributed by atoms with Gasteiger partial charge in [0.15, 0.2) is 0 Å². The molecular weight excluding hydrogens is 230 g/mol. The minimum Gasteiger partial charge on any atom is -0.360 e. The molecule has 2 aromatic heterocycles.